The molecule has 1 saturated heterocycles. The maximum atomic E-state index is 14.4. The summed E-state index contributed by atoms with van der Waals surface area (Å²) in [6, 6.07) is 2.50. The Bertz CT molecular complexity index is 887. The molecule has 3 aliphatic rings. The van der Waals surface area contributed by atoms with Crippen molar-refractivity contribution in [3.05, 3.63) is 46.9 Å². The van der Waals surface area contributed by atoms with Crippen molar-refractivity contribution in [1.82, 2.24) is 9.80 Å². The highest BCUT2D eigenvalue weighted by atomic mass is 19.1. The third-order valence-electron chi connectivity index (χ3n) is 6.15. The molecule has 7 heteroatoms. The predicted octanol–water partition coefficient (Wildman–Crippen LogP) is 2.54. The number of benzene rings is 1. The Morgan fingerprint density at radius 3 is 2.61 bits per heavy atom. The molecule has 3 heterocycles. The van der Waals surface area contributed by atoms with E-state index in [2.05, 4.69) is 16.5 Å². The van der Waals surface area contributed by atoms with Crippen molar-refractivity contribution < 1.29 is 14.0 Å². The summed E-state index contributed by atoms with van der Waals surface area (Å²) < 4.78 is 14.4. The van der Waals surface area contributed by atoms with E-state index >= 15 is 0 Å². The zero-order valence-corrected chi connectivity index (χ0v) is 16.1. The minimum atomic E-state index is -0.404. The molecule has 1 atom stereocenters. The zero-order valence-electron chi connectivity index (χ0n) is 16.1. The number of nitrogens with zero attached hydrogens (tertiary/aromatic N) is 3. The maximum absolute atomic E-state index is 14.4. The molecule has 0 saturated carbocycles. The Morgan fingerprint density at radius 1 is 1.25 bits per heavy atom. The first-order valence-corrected chi connectivity index (χ1v) is 9.75. The highest BCUT2D eigenvalue weighted by Gasteiger charge is 2.39. The van der Waals surface area contributed by atoms with Crippen LogP contribution in [0.15, 0.2) is 29.4 Å². The third kappa shape index (κ3) is 3.19. The van der Waals surface area contributed by atoms with Crippen LogP contribution in [0.2, 0.25) is 0 Å². The van der Waals surface area contributed by atoms with E-state index in [-0.39, 0.29) is 35.8 Å². The SMILES string of the molecule is C=C(C)N1CCC(c2cc(F)cc3c2CN(C2CCC(=O)N=C2N)C3=O)CC1. The van der Waals surface area contributed by atoms with Crippen molar-refractivity contribution in [3.63, 3.8) is 0 Å². The van der Waals surface area contributed by atoms with Crippen LogP contribution in [0, 0.1) is 5.82 Å². The molecule has 1 aromatic carbocycles. The molecule has 0 radical (unpaired) electrons. The highest BCUT2D eigenvalue weighted by molar-refractivity contribution is 6.05. The molecular weight excluding hydrogens is 359 g/mol. The Hall–Kier alpha value is -2.70. The standard InChI is InChI=1S/C21H25FN4O2/c1-12(2)25-7-5-13(6-8-25)15-9-14(22)10-16-17(15)11-26(21(16)28)18-3-4-19(27)24-20(18)23/h9-10,13,18H,1,3-8,11H2,2H3,(H2,23,24,27). The van der Waals surface area contributed by atoms with Gasteiger partial charge in [-0.3, -0.25) is 9.59 Å². The summed E-state index contributed by atoms with van der Waals surface area (Å²) in [4.78, 5) is 32.2. The van der Waals surface area contributed by atoms with Gasteiger partial charge in [0.15, 0.2) is 0 Å². The van der Waals surface area contributed by atoms with Crippen molar-refractivity contribution in [2.75, 3.05) is 13.1 Å². The molecule has 6 nitrogen and oxygen atoms in total. The van der Waals surface area contributed by atoms with Crippen LogP contribution in [0.1, 0.15) is 60.0 Å². The number of piperidine rings is 1. The molecule has 1 aromatic rings. The van der Waals surface area contributed by atoms with Crippen LogP contribution in [-0.4, -0.2) is 46.6 Å². The fraction of sp³-hybridized carbons (Fsp3) is 0.476. The Labute approximate surface area is 163 Å². The molecule has 148 valence electrons. The minimum Gasteiger partial charge on any atom is -0.385 e. The number of amidine groups is 1. The first kappa shape index (κ1) is 18.7. The van der Waals surface area contributed by atoms with Crippen LogP contribution in [0.4, 0.5) is 4.39 Å². The minimum absolute atomic E-state index is 0.175. The van der Waals surface area contributed by atoms with Gasteiger partial charge >= 0.3 is 0 Å². The van der Waals surface area contributed by atoms with Crippen molar-refractivity contribution >= 4 is 17.6 Å². The number of carbonyl (C=O) groups excluding carboxylic acids is 2. The van der Waals surface area contributed by atoms with Crippen LogP contribution < -0.4 is 5.73 Å². The number of hydrogen-bond donors (Lipinski definition) is 1. The van der Waals surface area contributed by atoms with Gasteiger partial charge in [0.1, 0.15) is 11.7 Å². The fourth-order valence-electron chi connectivity index (χ4n) is 4.61. The van der Waals surface area contributed by atoms with Gasteiger partial charge < -0.3 is 15.5 Å². The molecule has 4 rings (SSSR count). The third-order valence-corrected chi connectivity index (χ3v) is 6.15. The average Bonchev–Trinajstić information content (AvgIpc) is 2.98. The number of allylic oxidation sites excluding steroid dienone is 1. The average molecular weight is 384 g/mol. The number of halogens is 1. The first-order valence-electron chi connectivity index (χ1n) is 9.75. The summed E-state index contributed by atoms with van der Waals surface area (Å²) in [6.45, 7) is 8.15. The molecule has 0 bridgehead atoms. The topological polar surface area (TPSA) is 79.0 Å². The lowest BCUT2D eigenvalue weighted by Gasteiger charge is -2.34. The lowest BCUT2D eigenvalue weighted by atomic mass is 9.85. The Balaban J connectivity index is 1.62. The van der Waals surface area contributed by atoms with Gasteiger partial charge in [0.25, 0.3) is 5.91 Å². The van der Waals surface area contributed by atoms with Crippen LogP contribution >= 0.6 is 0 Å². The van der Waals surface area contributed by atoms with Crippen LogP contribution in [0.5, 0.6) is 0 Å². The fourth-order valence-corrected chi connectivity index (χ4v) is 4.61. The summed E-state index contributed by atoms with van der Waals surface area (Å²) in [5.74, 6) is -0.478. The van der Waals surface area contributed by atoms with Gasteiger partial charge in [-0.05, 0) is 55.4 Å². The molecule has 28 heavy (non-hydrogen) atoms. The first-order chi connectivity index (χ1) is 13.3. The van der Waals surface area contributed by atoms with Gasteiger partial charge in [-0.25, -0.2) is 4.39 Å². The molecule has 3 aliphatic heterocycles. The molecule has 2 amide bonds. The van der Waals surface area contributed by atoms with E-state index in [0.717, 1.165) is 42.8 Å². The number of hydrogen-bond acceptors (Lipinski definition) is 4. The molecule has 1 unspecified atom stereocenters. The quantitative estimate of drug-likeness (QED) is 0.869. The molecule has 1 fully saturated rings. The summed E-state index contributed by atoms with van der Waals surface area (Å²) in [6.07, 6.45) is 2.53. The zero-order chi connectivity index (χ0) is 20.0. The van der Waals surface area contributed by atoms with Crippen molar-refractivity contribution in [2.45, 2.75) is 51.1 Å². The number of carbonyl (C=O) groups is 2. The maximum Gasteiger partial charge on any atom is 0.255 e. The van der Waals surface area contributed by atoms with Gasteiger partial charge in [0.2, 0.25) is 5.91 Å². The van der Waals surface area contributed by atoms with Crippen molar-refractivity contribution in [3.8, 4) is 0 Å². The number of aliphatic imine (C=N–C) groups is 1. The number of fused-ring (bicyclic) bond motifs is 1. The van der Waals surface area contributed by atoms with Crippen LogP contribution in [-0.2, 0) is 11.3 Å². The number of rotatable bonds is 3. The molecule has 0 aromatic heterocycles. The van der Waals surface area contributed by atoms with Gasteiger partial charge in [-0.1, -0.05) is 6.58 Å². The normalized spacial score (nSPS) is 23.1. The second-order valence-electron chi connectivity index (χ2n) is 7.94. The highest BCUT2D eigenvalue weighted by Crippen LogP contribution is 2.38. The van der Waals surface area contributed by atoms with E-state index in [4.69, 9.17) is 5.73 Å². The van der Waals surface area contributed by atoms with E-state index in [0.29, 0.717) is 18.5 Å². The summed E-state index contributed by atoms with van der Waals surface area (Å²) in [7, 11) is 0. The molecular formula is C21H25FN4O2. The van der Waals surface area contributed by atoms with E-state index in [9.17, 15) is 14.0 Å². The summed E-state index contributed by atoms with van der Waals surface area (Å²) >= 11 is 0. The monoisotopic (exact) mass is 384 g/mol. The van der Waals surface area contributed by atoms with Gasteiger partial charge in [0, 0.05) is 37.3 Å². The second-order valence-corrected chi connectivity index (χ2v) is 7.94. The van der Waals surface area contributed by atoms with E-state index in [1.807, 2.05) is 6.92 Å². The van der Waals surface area contributed by atoms with E-state index in [1.165, 1.54) is 6.07 Å². The number of nitrogens with two attached hydrogens (primary N) is 1. The second kappa shape index (κ2) is 7.04. The van der Waals surface area contributed by atoms with Gasteiger partial charge in [-0.15, -0.1) is 0 Å². The van der Waals surface area contributed by atoms with Crippen molar-refractivity contribution in [1.29, 1.82) is 0 Å². The van der Waals surface area contributed by atoms with E-state index < -0.39 is 6.04 Å². The largest absolute Gasteiger partial charge is 0.385 e. The number of amides is 2. The number of likely N-dealkylation sites (tertiary alicyclic amines) is 1. The van der Waals surface area contributed by atoms with Crippen LogP contribution in [0.3, 0.4) is 0 Å². The smallest absolute Gasteiger partial charge is 0.255 e. The lowest BCUT2D eigenvalue weighted by molar-refractivity contribution is -0.118. The molecule has 0 aliphatic carbocycles. The lowest BCUT2D eigenvalue weighted by Crippen LogP contribution is -2.47. The Kier molecular flexibility index (Phi) is 4.69. The molecule has 2 N–H and O–H groups in total. The predicted molar refractivity (Wildman–Crippen MR) is 104 cm³/mol. The van der Waals surface area contributed by atoms with Crippen molar-refractivity contribution in [2.24, 2.45) is 10.7 Å². The van der Waals surface area contributed by atoms with Gasteiger partial charge in [-0.2, -0.15) is 4.99 Å². The van der Waals surface area contributed by atoms with Crippen LogP contribution in [0.25, 0.3) is 0 Å². The van der Waals surface area contributed by atoms with Gasteiger partial charge in [0.05, 0.1) is 6.04 Å². The molecule has 0 spiro atoms. The summed E-state index contributed by atoms with van der Waals surface area (Å²) in [5, 5.41) is 0. The Morgan fingerprint density at radius 2 is 1.96 bits per heavy atom. The van der Waals surface area contributed by atoms with E-state index in [1.54, 1.807) is 11.0 Å². The summed E-state index contributed by atoms with van der Waals surface area (Å²) in [5.41, 5.74) is 9.23.